The Morgan fingerprint density at radius 2 is 1.81 bits per heavy atom. The predicted molar refractivity (Wildman–Crippen MR) is 72.5 cm³/mol. The monoisotopic (exact) mass is 226 g/mol. The highest BCUT2D eigenvalue weighted by Gasteiger charge is 2.16. The van der Waals surface area contributed by atoms with Gasteiger partial charge in [0, 0.05) is 0 Å². The van der Waals surface area contributed by atoms with Crippen LogP contribution in [0.1, 0.15) is 66.7 Å². The van der Waals surface area contributed by atoms with Crippen molar-refractivity contribution in [1.29, 1.82) is 0 Å². The fraction of sp³-hybridized carbons (Fsp3) is 0.867. The van der Waals surface area contributed by atoms with E-state index in [1.54, 1.807) is 0 Å². The second-order valence-electron chi connectivity index (χ2n) is 5.54. The van der Waals surface area contributed by atoms with Crippen LogP contribution in [0.2, 0.25) is 0 Å². The van der Waals surface area contributed by atoms with Gasteiger partial charge in [0.15, 0.2) is 0 Å². The SMILES string of the molecule is CCCC(CC(O)CCC=C(C)C)C(C)C. The summed E-state index contributed by atoms with van der Waals surface area (Å²) in [5, 5.41) is 9.98. The lowest BCUT2D eigenvalue weighted by atomic mass is 9.85. The van der Waals surface area contributed by atoms with Crippen molar-refractivity contribution in [2.24, 2.45) is 11.8 Å². The summed E-state index contributed by atoms with van der Waals surface area (Å²) in [7, 11) is 0. The van der Waals surface area contributed by atoms with Gasteiger partial charge in [0.1, 0.15) is 0 Å². The highest BCUT2D eigenvalue weighted by molar-refractivity contribution is 4.93. The Morgan fingerprint density at radius 3 is 2.25 bits per heavy atom. The Kier molecular flexibility index (Phi) is 8.64. The average molecular weight is 226 g/mol. The molecule has 0 saturated carbocycles. The summed E-state index contributed by atoms with van der Waals surface area (Å²) in [4.78, 5) is 0. The van der Waals surface area contributed by atoms with E-state index in [4.69, 9.17) is 0 Å². The van der Waals surface area contributed by atoms with Crippen molar-refractivity contribution < 1.29 is 5.11 Å². The Bertz CT molecular complexity index is 190. The maximum absolute atomic E-state index is 9.98. The van der Waals surface area contributed by atoms with Gasteiger partial charge in [-0.05, 0) is 44.9 Å². The van der Waals surface area contributed by atoms with Crippen molar-refractivity contribution in [3.63, 3.8) is 0 Å². The number of allylic oxidation sites excluding steroid dienone is 2. The third kappa shape index (κ3) is 7.92. The maximum atomic E-state index is 9.98. The lowest BCUT2D eigenvalue weighted by Crippen LogP contribution is -2.17. The van der Waals surface area contributed by atoms with E-state index in [-0.39, 0.29) is 6.10 Å². The number of aliphatic hydroxyl groups excluding tert-OH is 1. The molecule has 2 atom stereocenters. The van der Waals surface area contributed by atoms with Crippen molar-refractivity contribution in [3.8, 4) is 0 Å². The topological polar surface area (TPSA) is 20.2 Å². The zero-order chi connectivity index (χ0) is 12.6. The van der Waals surface area contributed by atoms with Crippen molar-refractivity contribution >= 4 is 0 Å². The normalized spacial score (nSPS) is 14.9. The van der Waals surface area contributed by atoms with Crippen molar-refractivity contribution in [3.05, 3.63) is 11.6 Å². The molecule has 0 aromatic heterocycles. The van der Waals surface area contributed by atoms with E-state index >= 15 is 0 Å². The van der Waals surface area contributed by atoms with Crippen LogP contribution in [0.15, 0.2) is 11.6 Å². The van der Waals surface area contributed by atoms with Crippen LogP contribution in [-0.2, 0) is 0 Å². The van der Waals surface area contributed by atoms with E-state index < -0.39 is 0 Å². The van der Waals surface area contributed by atoms with Crippen LogP contribution in [0, 0.1) is 11.8 Å². The van der Waals surface area contributed by atoms with Gasteiger partial charge in [-0.2, -0.15) is 0 Å². The minimum absolute atomic E-state index is 0.116. The van der Waals surface area contributed by atoms with E-state index in [1.807, 2.05) is 0 Å². The number of hydrogen-bond donors (Lipinski definition) is 1. The van der Waals surface area contributed by atoms with E-state index in [9.17, 15) is 5.11 Å². The van der Waals surface area contributed by atoms with E-state index in [0.29, 0.717) is 11.8 Å². The maximum Gasteiger partial charge on any atom is 0.0546 e. The minimum atomic E-state index is -0.116. The van der Waals surface area contributed by atoms with Gasteiger partial charge < -0.3 is 5.11 Å². The van der Waals surface area contributed by atoms with E-state index in [2.05, 4.69) is 40.7 Å². The van der Waals surface area contributed by atoms with Crippen LogP contribution in [0.25, 0.3) is 0 Å². The summed E-state index contributed by atoms with van der Waals surface area (Å²) in [5.74, 6) is 1.38. The average Bonchev–Trinajstić information content (AvgIpc) is 2.16. The molecule has 0 aromatic rings. The zero-order valence-electron chi connectivity index (χ0n) is 11.8. The lowest BCUT2D eigenvalue weighted by Gasteiger charge is -2.23. The Balaban J connectivity index is 3.90. The summed E-state index contributed by atoms with van der Waals surface area (Å²) in [5.41, 5.74) is 1.35. The van der Waals surface area contributed by atoms with Crippen LogP contribution in [0.5, 0.6) is 0 Å². The first-order valence-corrected chi connectivity index (χ1v) is 6.78. The number of hydrogen-bond acceptors (Lipinski definition) is 1. The third-order valence-corrected chi connectivity index (χ3v) is 3.23. The molecular formula is C15H30O. The molecule has 16 heavy (non-hydrogen) atoms. The standard InChI is InChI=1S/C15H30O/c1-6-8-14(13(4)5)11-15(16)10-7-9-12(2)3/h9,13-16H,6-8,10-11H2,1-5H3. The molecule has 1 nitrogen and oxygen atoms in total. The first-order chi connectivity index (χ1) is 7.47. The highest BCUT2D eigenvalue weighted by atomic mass is 16.3. The lowest BCUT2D eigenvalue weighted by molar-refractivity contribution is 0.118. The van der Waals surface area contributed by atoms with Gasteiger partial charge in [0.2, 0.25) is 0 Å². The molecule has 0 amide bonds. The summed E-state index contributed by atoms with van der Waals surface area (Å²) < 4.78 is 0. The Morgan fingerprint density at radius 1 is 1.19 bits per heavy atom. The van der Waals surface area contributed by atoms with Gasteiger partial charge in [-0.15, -0.1) is 0 Å². The summed E-state index contributed by atoms with van der Waals surface area (Å²) in [6, 6.07) is 0. The predicted octanol–water partition coefficient (Wildman–Crippen LogP) is 4.56. The smallest absolute Gasteiger partial charge is 0.0546 e. The van der Waals surface area contributed by atoms with Crippen LogP contribution >= 0.6 is 0 Å². The largest absolute Gasteiger partial charge is 0.393 e. The molecule has 0 aliphatic heterocycles. The van der Waals surface area contributed by atoms with Gasteiger partial charge >= 0.3 is 0 Å². The fourth-order valence-electron chi connectivity index (χ4n) is 2.13. The van der Waals surface area contributed by atoms with Gasteiger partial charge in [-0.1, -0.05) is 45.3 Å². The minimum Gasteiger partial charge on any atom is -0.393 e. The van der Waals surface area contributed by atoms with Crippen molar-refractivity contribution in [2.45, 2.75) is 72.8 Å². The molecule has 96 valence electrons. The molecule has 0 spiro atoms. The zero-order valence-corrected chi connectivity index (χ0v) is 11.8. The van der Waals surface area contributed by atoms with Crippen LogP contribution < -0.4 is 0 Å². The summed E-state index contributed by atoms with van der Waals surface area (Å²) in [6.07, 6.45) is 7.48. The van der Waals surface area contributed by atoms with E-state index in [1.165, 1.54) is 18.4 Å². The quantitative estimate of drug-likeness (QED) is 0.602. The van der Waals surface area contributed by atoms with Gasteiger partial charge in [0.25, 0.3) is 0 Å². The molecule has 2 unspecified atom stereocenters. The molecule has 1 N–H and O–H groups in total. The molecule has 0 radical (unpaired) electrons. The highest BCUT2D eigenvalue weighted by Crippen LogP contribution is 2.24. The fourth-order valence-corrected chi connectivity index (χ4v) is 2.13. The molecule has 0 heterocycles. The van der Waals surface area contributed by atoms with E-state index in [0.717, 1.165) is 19.3 Å². The third-order valence-electron chi connectivity index (χ3n) is 3.23. The Labute approximate surface area is 102 Å². The van der Waals surface area contributed by atoms with Gasteiger partial charge in [-0.25, -0.2) is 0 Å². The van der Waals surface area contributed by atoms with Crippen LogP contribution in [0.4, 0.5) is 0 Å². The number of rotatable bonds is 8. The summed E-state index contributed by atoms with van der Waals surface area (Å²) >= 11 is 0. The molecule has 0 aliphatic carbocycles. The first kappa shape index (κ1) is 15.7. The molecule has 0 aromatic carbocycles. The first-order valence-electron chi connectivity index (χ1n) is 6.78. The van der Waals surface area contributed by atoms with Crippen molar-refractivity contribution in [2.75, 3.05) is 0 Å². The second kappa shape index (κ2) is 8.81. The molecule has 0 rings (SSSR count). The van der Waals surface area contributed by atoms with Crippen molar-refractivity contribution in [1.82, 2.24) is 0 Å². The Hall–Kier alpha value is -0.300. The van der Waals surface area contributed by atoms with Gasteiger partial charge in [0.05, 0.1) is 6.10 Å². The number of aliphatic hydroxyl groups is 1. The molecule has 0 bridgehead atoms. The molecular weight excluding hydrogens is 196 g/mol. The molecule has 0 aliphatic rings. The van der Waals surface area contributed by atoms with Crippen LogP contribution in [-0.4, -0.2) is 11.2 Å². The summed E-state index contributed by atoms with van der Waals surface area (Å²) in [6.45, 7) is 11.0. The van der Waals surface area contributed by atoms with Crippen LogP contribution in [0.3, 0.4) is 0 Å². The molecule has 0 fully saturated rings. The van der Waals surface area contributed by atoms with Gasteiger partial charge in [-0.3, -0.25) is 0 Å². The molecule has 1 heteroatoms. The second-order valence-corrected chi connectivity index (χ2v) is 5.54. The molecule has 0 saturated heterocycles.